The molecule has 0 spiro atoms. The van der Waals surface area contributed by atoms with E-state index in [2.05, 4.69) is 9.97 Å². The third-order valence-electron chi connectivity index (χ3n) is 2.37. The minimum Gasteiger partial charge on any atom is -0.264 e. The van der Waals surface area contributed by atoms with Gasteiger partial charge in [0.15, 0.2) is 0 Å². The van der Waals surface area contributed by atoms with Gasteiger partial charge < -0.3 is 0 Å². The van der Waals surface area contributed by atoms with Gasteiger partial charge in [-0.2, -0.15) is 10.5 Å². The fourth-order valence-electron chi connectivity index (χ4n) is 1.61. The van der Waals surface area contributed by atoms with Crippen molar-refractivity contribution in [3.8, 4) is 12.1 Å². The molecule has 0 aliphatic rings. The highest BCUT2D eigenvalue weighted by Gasteiger charge is 2.11. The lowest BCUT2D eigenvalue weighted by atomic mass is 9.96. The molecule has 0 saturated heterocycles. The number of nitrogens with zero attached hydrogens (tertiary/aromatic N) is 4. The number of pyridine rings is 2. The van der Waals surface area contributed by atoms with E-state index < -0.39 is 0 Å². The van der Waals surface area contributed by atoms with Crippen molar-refractivity contribution in [3.63, 3.8) is 0 Å². The molecule has 0 aromatic carbocycles. The van der Waals surface area contributed by atoms with Crippen LogP contribution in [0.1, 0.15) is 11.1 Å². The molecule has 0 unspecified atom stereocenters. The Kier molecular flexibility index (Phi) is 3.44. The molecular formula is C14H8N4. The summed E-state index contributed by atoms with van der Waals surface area (Å²) in [5.74, 6) is 0. The topological polar surface area (TPSA) is 73.4 Å². The molecule has 4 heteroatoms. The number of allylic oxidation sites excluding steroid dienone is 1. The molecule has 0 radical (unpaired) electrons. The number of hydrogen-bond donors (Lipinski definition) is 0. The van der Waals surface area contributed by atoms with Gasteiger partial charge in [-0.1, -0.05) is 12.1 Å². The van der Waals surface area contributed by atoms with E-state index in [9.17, 15) is 0 Å². The third kappa shape index (κ3) is 2.23. The van der Waals surface area contributed by atoms with E-state index in [1.54, 1.807) is 36.9 Å². The lowest BCUT2D eigenvalue weighted by molar-refractivity contribution is 1.28. The van der Waals surface area contributed by atoms with Crippen molar-refractivity contribution in [2.45, 2.75) is 0 Å². The van der Waals surface area contributed by atoms with Crippen LogP contribution in [-0.4, -0.2) is 9.97 Å². The van der Waals surface area contributed by atoms with Crippen molar-refractivity contribution < 1.29 is 0 Å². The van der Waals surface area contributed by atoms with Crippen LogP contribution >= 0.6 is 0 Å². The first-order valence-corrected chi connectivity index (χ1v) is 5.22. The zero-order valence-electron chi connectivity index (χ0n) is 9.41. The molecule has 0 atom stereocenters. The second kappa shape index (κ2) is 5.38. The molecule has 0 bridgehead atoms. The maximum Gasteiger partial charge on any atom is 0.138 e. The zero-order chi connectivity index (χ0) is 12.8. The average molecular weight is 232 g/mol. The highest BCUT2D eigenvalue weighted by molar-refractivity contribution is 5.85. The standard InChI is InChI=1S/C14H8N4/c15-7-13(8-16)14(11-3-1-5-17-9-11)12-4-2-6-18-10-12/h1-6,9-10H. The molecule has 2 aromatic heterocycles. The zero-order valence-corrected chi connectivity index (χ0v) is 9.41. The molecule has 4 nitrogen and oxygen atoms in total. The first-order valence-electron chi connectivity index (χ1n) is 5.22. The number of nitriles is 2. The third-order valence-corrected chi connectivity index (χ3v) is 2.37. The van der Waals surface area contributed by atoms with Crippen LogP contribution in [0.25, 0.3) is 5.57 Å². The monoisotopic (exact) mass is 232 g/mol. The van der Waals surface area contributed by atoms with Crippen molar-refractivity contribution in [3.05, 3.63) is 65.8 Å². The SMILES string of the molecule is N#CC(C#N)=C(c1cccnc1)c1cccnc1. The number of hydrogen-bond acceptors (Lipinski definition) is 4. The van der Waals surface area contributed by atoms with Crippen molar-refractivity contribution >= 4 is 5.57 Å². The van der Waals surface area contributed by atoms with Crippen LogP contribution in [0.3, 0.4) is 0 Å². The van der Waals surface area contributed by atoms with Crippen LogP contribution in [0.5, 0.6) is 0 Å². The maximum absolute atomic E-state index is 9.05. The smallest absolute Gasteiger partial charge is 0.138 e. The molecular weight excluding hydrogens is 224 g/mol. The molecule has 2 heterocycles. The fraction of sp³-hybridized carbons (Fsp3) is 0. The van der Waals surface area contributed by atoms with Crippen molar-refractivity contribution in [2.24, 2.45) is 0 Å². The second-order valence-electron chi connectivity index (χ2n) is 3.46. The van der Waals surface area contributed by atoms with E-state index in [1.807, 2.05) is 24.3 Å². The molecule has 18 heavy (non-hydrogen) atoms. The molecule has 0 aliphatic carbocycles. The van der Waals surface area contributed by atoms with E-state index in [0.29, 0.717) is 5.57 Å². The minimum atomic E-state index is 0.0519. The Labute approximate surface area is 104 Å². The lowest BCUT2D eigenvalue weighted by Crippen LogP contribution is -1.93. The summed E-state index contributed by atoms with van der Waals surface area (Å²) in [6.45, 7) is 0. The Morgan fingerprint density at radius 2 is 1.39 bits per heavy atom. The summed E-state index contributed by atoms with van der Waals surface area (Å²) in [7, 11) is 0. The summed E-state index contributed by atoms with van der Waals surface area (Å²) in [4.78, 5) is 8.02. The second-order valence-corrected chi connectivity index (χ2v) is 3.46. The molecule has 0 saturated carbocycles. The van der Waals surface area contributed by atoms with Gasteiger partial charge in [-0.15, -0.1) is 0 Å². The molecule has 0 aliphatic heterocycles. The largest absolute Gasteiger partial charge is 0.264 e. The van der Waals surface area contributed by atoms with E-state index in [-0.39, 0.29) is 5.57 Å². The normalized spacial score (nSPS) is 9.00. The van der Waals surface area contributed by atoms with Crippen molar-refractivity contribution in [2.75, 3.05) is 0 Å². The Balaban J connectivity index is 2.69. The quantitative estimate of drug-likeness (QED) is 0.745. The summed E-state index contributed by atoms with van der Waals surface area (Å²) >= 11 is 0. The number of rotatable bonds is 2. The van der Waals surface area contributed by atoms with Crippen LogP contribution < -0.4 is 0 Å². The van der Waals surface area contributed by atoms with Crippen LogP contribution in [0.4, 0.5) is 0 Å². The predicted octanol–water partition coefficient (Wildman–Crippen LogP) is 2.33. The Morgan fingerprint density at radius 3 is 1.72 bits per heavy atom. The van der Waals surface area contributed by atoms with Gasteiger partial charge in [-0.25, -0.2) is 0 Å². The van der Waals surface area contributed by atoms with Crippen LogP contribution in [-0.2, 0) is 0 Å². The van der Waals surface area contributed by atoms with Crippen LogP contribution in [0.15, 0.2) is 54.6 Å². The molecule has 0 fully saturated rings. The van der Waals surface area contributed by atoms with E-state index in [0.717, 1.165) is 11.1 Å². The molecule has 84 valence electrons. The molecule has 2 aromatic rings. The van der Waals surface area contributed by atoms with E-state index in [1.165, 1.54) is 0 Å². The van der Waals surface area contributed by atoms with Crippen molar-refractivity contribution in [1.29, 1.82) is 10.5 Å². The highest BCUT2D eigenvalue weighted by atomic mass is 14.6. The summed E-state index contributed by atoms with van der Waals surface area (Å²) in [6.07, 6.45) is 6.53. The van der Waals surface area contributed by atoms with Crippen LogP contribution in [0, 0.1) is 22.7 Å². The van der Waals surface area contributed by atoms with E-state index >= 15 is 0 Å². The van der Waals surface area contributed by atoms with Gasteiger partial charge >= 0.3 is 0 Å². The van der Waals surface area contributed by atoms with Gasteiger partial charge in [0.05, 0.1) is 0 Å². The first-order chi connectivity index (χ1) is 8.86. The lowest BCUT2D eigenvalue weighted by Gasteiger charge is -2.06. The van der Waals surface area contributed by atoms with E-state index in [4.69, 9.17) is 10.5 Å². The first kappa shape index (κ1) is 11.5. The van der Waals surface area contributed by atoms with Crippen molar-refractivity contribution in [1.82, 2.24) is 9.97 Å². The highest BCUT2D eigenvalue weighted by Crippen LogP contribution is 2.25. The number of aromatic nitrogens is 2. The van der Waals surface area contributed by atoms with Gasteiger partial charge in [0.25, 0.3) is 0 Å². The summed E-state index contributed by atoms with van der Waals surface area (Å²) in [5.41, 5.74) is 2.06. The minimum absolute atomic E-state index is 0.0519. The fourth-order valence-corrected chi connectivity index (χ4v) is 1.61. The predicted molar refractivity (Wildman–Crippen MR) is 65.7 cm³/mol. The average Bonchev–Trinajstić information content (AvgIpc) is 2.46. The van der Waals surface area contributed by atoms with Crippen LogP contribution in [0.2, 0.25) is 0 Å². The van der Waals surface area contributed by atoms with Gasteiger partial charge in [0.2, 0.25) is 0 Å². The molecule has 0 N–H and O–H groups in total. The maximum atomic E-state index is 9.05. The Morgan fingerprint density at radius 1 is 0.889 bits per heavy atom. The van der Waals surface area contributed by atoms with Gasteiger partial charge in [-0.3, -0.25) is 9.97 Å². The van der Waals surface area contributed by atoms with Gasteiger partial charge in [0.1, 0.15) is 17.7 Å². The van der Waals surface area contributed by atoms with Gasteiger partial charge in [0, 0.05) is 41.5 Å². The summed E-state index contributed by atoms with van der Waals surface area (Å²) in [6, 6.07) is 11.0. The summed E-state index contributed by atoms with van der Waals surface area (Å²) < 4.78 is 0. The molecule has 0 amide bonds. The molecule has 2 rings (SSSR count). The Hall–Kier alpha value is -2.98. The Bertz CT molecular complexity index is 588. The summed E-state index contributed by atoms with van der Waals surface area (Å²) in [5, 5.41) is 18.1. The van der Waals surface area contributed by atoms with Gasteiger partial charge in [-0.05, 0) is 12.1 Å².